The maximum absolute atomic E-state index is 11.6. The first kappa shape index (κ1) is 24.2. The minimum atomic E-state index is -0.666. The van der Waals surface area contributed by atoms with E-state index in [1.54, 1.807) is 48.5 Å². The lowest BCUT2D eigenvalue weighted by molar-refractivity contribution is -0.116. The zero-order valence-corrected chi connectivity index (χ0v) is 18.0. The molecule has 1 atom stereocenters. The highest BCUT2D eigenvalue weighted by atomic mass is 16.5. The van der Waals surface area contributed by atoms with Crippen LogP contribution in [0.5, 0.6) is 11.5 Å². The van der Waals surface area contributed by atoms with Gasteiger partial charge in [0.05, 0.1) is 0 Å². The fourth-order valence-corrected chi connectivity index (χ4v) is 2.68. The summed E-state index contributed by atoms with van der Waals surface area (Å²) in [5.41, 5.74) is 1.44. The van der Waals surface area contributed by atoms with Gasteiger partial charge in [0.2, 0.25) is 11.8 Å². The molecule has 4 N–H and O–H groups in total. The molecular weight excluding hydrogens is 398 g/mol. The summed E-state index contributed by atoms with van der Waals surface area (Å²) in [7, 11) is 0. The number of hydrogen-bond donors (Lipinski definition) is 4. The van der Waals surface area contributed by atoms with Crippen molar-refractivity contribution in [2.24, 2.45) is 0 Å². The molecular formula is C23H31N3O5. The highest BCUT2D eigenvalue weighted by Crippen LogP contribution is 2.17. The molecule has 2 amide bonds. The van der Waals surface area contributed by atoms with Crippen LogP contribution in [0.4, 0.5) is 11.4 Å². The number of benzene rings is 2. The number of carbonyl (C=O) groups excluding carboxylic acids is 2. The Morgan fingerprint density at radius 2 is 1.52 bits per heavy atom. The molecule has 8 nitrogen and oxygen atoms in total. The third-order valence-electron chi connectivity index (χ3n) is 4.16. The van der Waals surface area contributed by atoms with Crippen molar-refractivity contribution in [1.82, 2.24) is 5.32 Å². The minimum Gasteiger partial charge on any atom is -0.492 e. The van der Waals surface area contributed by atoms with Crippen LogP contribution in [-0.2, 0) is 9.59 Å². The van der Waals surface area contributed by atoms with Crippen molar-refractivity contribution in [3.05, 3.63) is 48.5 Å². The van der Waals surface area contributed by atoms with Crippen LogP contribution in [0, 0.1) is 0 Å². The van der Waals surface area contributed by atoms with E-state index in [1.807, 2.05) is 6.92 Å². The first-order valence-corrected chi connectivity index (χ1v) is 10.4. The Kier molecular flexibility index (Phi) is 10.3. The largest absolute Gasteiger partial charge is 0.492 e. The molecule has 0 saturated heterocycles. The molecule has 0 radical (unpaired) electrons. The molecule has 0 fully saturated rings. The van der Waals surface area contributed by atoms with Crippen molar-refractivity contribution in [1.29, 1.82) is 0 Å². The Labute approximate surface area is 182 Å². The second kappa shape index (κ2) is 13.3. The van der Waals surface area contributed by atoms with E-state index in [0.717, 1.165) is 17.8 Å². The van der Waals surface area contributed by atoms with E-state index in [1.165, 1.54) is 6.92 Å². The maximum atomic E-state index is 11.6. The lowest BCUT2D eigenvalue weighted by Crippen LogP contribution is -2.33. The SMILES string of the molecule is CCCC(=O)Nc1ccc(OCC(O)CNCCOc2ccc(NC(C)=O)cc2)cc1. The maximum Gasteiger partial charge on any atom is 0.224 e. The van der Waals surface area contributed by atoms with Crippen LogP contribution in [-0.4, -0.2) is 49.3 Å². The molecule has 0 aliphatic heterocycles. The number of hydrogen-bond acceptors (Lipinski definition) is 6. The van der Waals surface area contributed by atoms with Gasteiger partial charge in [0.25, 0.3) is 0 Å². The Hall–Kier alpha value is -3.10. The molecule has 31 heavy (non-hydrogen) atoms. The normalized spacial score (nSPS) is 11.5. The van der Waals surface area contributed by atoms with Gasteiger partial charge in [-0.1, -0.05) is 6.92 Å². The molecule has 168 valence electrons. The van der Waals surface area contributed by atoms with E-state index in [9.17, 15) is 14.7 Å². The zero-order valence-electron chi connectivity index (χ0n) is 18.0. The molecule has 0 spiro atoms. The zero-order chi connectivity index (χ0) is 22.5. The molecule has 2 aromatic rings. The van der Waals surface area contributed by atoms with Crippen LogP contribution in [0.2, 0.25) is 0 Å². The molecule has 2 aromatic carbocycles. The number of amides is 2. The predicted octanol–water partition coefficient (Wildman–Crippen LogP) is 2.79. The van der Waals surface area contributed by atoms with Gasteiger partial charge in [-0.3, -0.25) is 9.59 Å². The predicted molar refractivity (Wildman–Crippen MR) is 121 cm³/mol. The molecule has 0 aliphatic carbocycles. The molecule has 0 bridgehead atoms. The van der Waals surface area contributed by atoms with Crippen LogP contribution >= 0.6 is 0 Å². The lowest BCUT2D eigenvalue weighted by atomic mass is 10.2. The van der Waals surface area contributed by atoms with Gasteiger partial charge in [-0.2, -0.15) is 0 Å². The number of carbonyl (C=O) groups is 2. The summed E-state index contributed by atoms with van der Waals surface area (Å²) in [6, 6.07) is 14.2. The quantitative estimate of drug-likeness (QED) is 0.365. The van der Waals surface area contributed by atoms with Gasteiger partial charge < -0.3 is 30.5 Å². The molecule has 0 aromatic heterocycles. The fraction of sp³-hybridized carbons (Fsp3) is 0.391. The van der Waals surface area contributed by atoms with Crippen LogP contribution in [0.1, 0.15) is 26.7 Å². The first-order chi connectivity index (χ1) is 15.0. The molecule has 0 heterocycles. The number of ether oxygens (including phenoxy) is 2. The van der Waals surface area contributed by atoms with Crippen molar-refractivity contribution in [2.75, 3.05) is 36.9 Å². The van der Waals surface area contributed by atoms with Crippen LogP contribution in [0.15, 0.2) is 48.5 Å². The summed E-state index contributed by atoms with van der Waals surface area (Å²) in [4.78, 5) is 22.6. The van der Waals surface area contributed by atoms with E-state index in [0.29, 0.717) is 37.6 Å². The number of aliphatic hydroxyl groups is 1. The van der Waals surface area contributed by atoms with Crippen molar-refractivity contribution in [2.45, 2.75) is 32.8 Å². The van der Waals surface area contributed by atoms with E-state index < -0.39 is 6.10 Å². The van der Waals surface area contributed by atoms with Gasteiger partial charge in [0.1, 0.15) is 30.8 Å². The second-order valence-electron chi connectivity index (χ2n) is 7.05. The Bertz CT molecular complexity index is 809. The summed E-state index contributed by atoms with van der Waals surface area (Å²) in [5, 5.41) is 18.7. The van der Waals surface area contributed by atoms with Gasteiger partial charge in [-0.05, 0) is 55.0 Å². The fourth-order valence-electron chi connectivity index (χ4n) is 2.68. The van der Waals surface area contributed by atoms with E-state index in [-0.39, 0.29) is 18.4 Å². The number of nitrogens with one attached hydrogen (secondary N) is 3. The Morgan fingerprint density at radius 1 is 0.935 bits per heavy atom. The van der Waals surface area contributed by atoms with Crippen LogP contribution in [0.3, 0.4) is 0 Å². The number of anilines is 2. The number of aliphatic hydroxyl groups excluding tert-OH is 1. The van der Waals surface area contributed by atoms with Crippen LogP contribution in [0.25, 0.3) is 0 Å². The summed E-state index contributed by atoms with van der Waals surface area (Å²) in [6.45, 7) is 4.95. The molecule has 0 aliphatic rings. The van der Waals surface area contributed by atoms with Crippen LogP contribution < -0.4 is 25.4 Å². The molecule has 2 rings (SSSR count). The Balaban J connectivity index is 1.58. The average molecular weight is 430 g/mol. The van der Waals surface area contributed by atoms with Gasteiger partial charge in [0.15, 0.2) is 0 Å². The summed E-state index contributed by atoms with van der Waals surface area (Å²) in [6.07, 6.45) is 0.631. The van der Waals surface area contributed by atoms with Crippen molar-refractivity contribution < 1.29 is 24.2 Å². The molecule has 1 unspecified atom stereocenters. The standard InChI is InChI=1S/C23H31N3O5/c1-3-4-23(29)26-19-7-11-22(12-8-19)31-16-20(28)15-24-13-14-30-21-9-5-18(6-10-21)25-17(2)27/h5-12,20,24,28H,3-4,13-16H2,1-2H3,(H,25,27)(H,26,29). The second-order valence-corrected chi connectivity index (χ2v) is 7.05. The summed E-state index contributed by atoms with van der Waals surface area (Å²) < 4.78 is 11.2. The van der Waals surface area contributed by atoms with Crippen molar-refractivity contribution in [3.8, 4) is 11.5 Å². The van der Waals surface area contributed by atoms with Crippen molar-refractivity contribution in [3.63, 3.8) is 0 Å². The molecule has 8 heteroatoms. The van der Waals surface area contributed by atoms with Gasteiger partial charge >= 0.3 is 0 Å². The highest BCUT2D eigenvalue weighted by Gasteiger charge is 2.06. The topological polar surface area (TPSA) is 109 Å². The van der Waals surface area contributed by atoms with Gasteiger partial charge in [0, 0.05) is 37.8 Å². The van der Waals surface area contributed by atoms with Gasteiger partial charge in [-0.15, -0.1) is 0 Å². The number of rotatable bonds is 13. The average Bonchev–Trinajstić information content (AvgIpc) is 2.74. The monoisotopic (exact) mass is 429 g/mol. The summed E-state index contributed by atoms with van der Waals surface area (Å²) in [5.74, 6) is 1.20. The summed E-state index contributed by atoms with van der Waals surface area (Å²) >= 11 is 0. The smallest absolute Gasteiger partial charge is 0.224 e. The first-order valence-electron chi connectivity index (χ1n) is 10.4. The highest BCUT2D eigenvalue weighted by molar-refractivity contribution is 5.90. The minimum absolute atomic E-state index is 0.0105. The Morgan fingerprint density at radius 3 is 2.10 bits per heavy atom. The van der Waals surface area contributed by atoms with Crippen molar-refractivity contribution >= 4 is 23.2 Å². The molecule has 0 saturated carbocycles. The van der Waals surface area contributed by atoms with Gasteiger partial charge in [-0.25, -0.2) is 0 Å². The third kappa shape index (κ3) is 9.97. The van der Waals surface area contributed by atoms with E-state index in [4.69, 9.17) is 9.47 Å². The lowest BCUT2D eigenvalue weighted by Gasteiger charge is -2.14. The van der Waals surface area contributed by atoms with E-state index in [2.05, 4.69) is 16.0 Å². The third-order valence-corrected chi connectivity index (χ3v) is 4.16. The van der Waals surface area contributed by atoms with E-state index >= 15 is 0 Å².